The highest BCUT2D eigenvalue weighted by Gasteiger charge is 2.48. The number of carbonyl (C=O) groups is 2. The molecule has 1 aromatic carbocycles. The molecule has 2 fully saturated rings. The van der Waals surface area contributed by atoms with E-state index >= 15 is 0 Å². The fourth-order valence-corrected chi connectivity index (χ4v) is 4.82. The molecule has 2 aromatic rings. The maximum atomic E-state index is 13.8. The maximum Gasteiger partial charge on any atom is 0.276 e. The van der Waals surface area contributed by atoms with Crippen LogP contribution >= 0.6 is 0 Å². The number of hydrogen-bond acceptors (Lipinski definition) is 5. The van der Waals surface area contributed by atoms with Crippen molar-refractivity contribution in [3.8, 4) is 5.75 Å². The van der Waals surface area contributed by atoms with E-state index in [9.17, 15) is 28.3 Å². The summed E-state index contributed by atoms with van der Waals surface area (Å²) in [6.07, 6.45) is 2.94. The number of nitrogens with zero attached hydrogens (tertiary/aromatic N) is 3. The number of hydrogen-bond donors (Lipinski definition) is 2. The van der Waals surface area contributed by atoms with Gasteiger partial charge < -0.3 is 19.9 Å². The van der Waals surface area contributed by atoms with Crippen LogP contribution in [0.15, 0.2) is 29.2 Å². The van der Waals surface area contributed by atoms with E-state index in [1.807, 2.05) is 0 Å². The molecule has 0 spiro atoms. The summed E-state index contributed by atoms with van der Waals surface area (Å²) < 4.78 is 28.3. The summed E-state index contributed by atoms with van der Waals surface area (Å²) in [4.78, 5) is 42.3. The number of amides is 2. The molecule has 4 heterocycles. The van der Waals surface area contributed by atoms with Crippen molar-refractivity contribution in [2.24, 2.45) is 0 Å². The summed E-state index contributed by atoms with van der Waals surface area (Å²) in [5.41, 5.74) is -1.37. The molecule has 5 rings (SSSR count). The van der Waals surface area contributed by atoms with Gasteiger partial charge in [0.05, 0.1) is 6.54 Å². The average molecular weight is 430 g/mol. The van der Waals surface area contributed by atoms with E-state index in [4.69, 9.17) is 0 Å². The van der Waals surface area contributed by atoms with Crippen LogP contribution < -0.4 is 10.7 Å². The normalized spacial score (nSPS) is 24.0. The van der Waals surface area contributed by atoms with E-state index in [0.717, 1.165) is 32.0 Å². The zero-order chi connectivity index (χ0) is 21.9. The molecule has 3 aliphatic heterocycles. The van der Waals surface area contributed by atoms with Crippen LogP contribution in [-0.2, 0) is 13.1 Å². The van der Waals surface area contributed by atoms with E-state index < -0.39 is 34.6 Å². The Morgan fingerprint density at radius 3 is 2.81 bits per heavy atom. The van der Waals surface area contributed by atoms with Crippen molar-refractivity contribution in [2.45, 2.75) is 38.1 Å². The van der Waals surface area contributed by atoms with Gasteiger partial charge in [-0.05, 0) is 18.9 Å². The van der Waals surface area contributed by atoms with Crippen LogP contribution in [0, 0.1) is 11.6 Å². The maximum absolute atomic E-state index is 13.8. The summed E-state index contributed by atoms with van der Waals surface area (Å²) in [5, 5.41) is 12.9. The fourth-order valence-electron chi connectivity index (χ4n) is 4.82. The van der Waals surface area contributed by atoms with Crippen molar-refractivity contribution < 1.29 is 23.5 Å². The van der Waals surface area contributed by atoms with Crippen LogP contribution in [0.25, 0.3) is 0 Å². The Bertz CT molecular complexity index is 1160. The number of pyridine rings is 1. The van der Waals surface area contributed by atoms with Gasteiger partial charge in [0, 0.05) is 43.5 Å². The van der Waals surface area contributed by atoms with Gasteiger partial charge in [-0.25, -0.2) is 8.78 Å². The van der Waals surface area contributed by atoms with Crippen LogP contribution in [0.5, 0.6) is 5.75 Å². The summed E-state index contributed by atoms with van der Waals surface area (Å²) >= 11 is 0. The van der Waals surface area contributed by atoms with Crippen molar-refractivity contribution in [2.75, 3.05) is 13.1 Å². The highest BCUT2D eigenvalue weighted by Crippen LogP contribution is 2.35. The number of benzene rings is 1. The molecule has 2 bridgehead atoms. The van der Waals surface area contributed by atoms with E-state index in [-0.39, 0.29) is 35.6 Å². The molecule has 2 amide bonds. The number of piperidine rings is 1. The molecule has 10 heteroatoms. The van der Waals surface area contributed by atoms with Gasteiger partial charge in [-0.15, -0.1) is 0 Å². The van der Waals surface area contributed by atoms with Crippen LogP contribution in [0.4, 0.5) is 8.78 Å². The van der Waals surface area contributed by atoms with Crippen LogP contribution in [-0.4, -0.2) is 56.6 Å². The van der Waals surface area contributed by atoms with Gasteiger partial charge in [0.1, 0.15) is 23.4 Å². The number of halogens is 2. The Kier molecular flexibility index (Phi) is 4.54. The molecule has 2 N–H and O–H groups in total. The van der Waals surface area contributed by atoms with Gasteiger partial charge in [0.25, 0.3) is 11.8 Å². The summed E-state index contributed by atoms with van der Waals surface area (Å²) in [5.74, 6) is -3.56. The minimum atomic E-state index is -0.961. The second kappa shape index (κ2) is 7.16. The number of carbonyl (C=O) groups excluding carboxylic acids is 2. The van der Waals surface area contributed by atoms with Crippen molar-refractivity contribution in [3.05, 3.63) is 63.1 Å². The lowest BCUT2D eigenvalue weighted by molar-refractivity contribution is 0.0485. The molecule has 3 aliphatic rings. The number of fused-ring (bicyclic) bond motifs is 6. The molecule has 3 atom stereocenters. The van der Waals surface area contributed by atoms with Crippen molar-refractivity contribution in [1.82, 2.24) is 19.7 Å². The topological polar surface area (TPSA) is 94.9 Å². The Balaban J connectivity index is 1.44. The molecular weight excluding hydrogens is 410 g/mol. The third-order valence-corrected chi connectivity index (χ3v) is 6.32. The second-order valence-electron chi connectivity index (χ2n) is 8.12. The van der Waals surface area contributed by atoms with E-state index in [2.05, 4.69) is 10.2 Å². The van der Waals surface area contributed by atoms with Gasteiger partial charge in [-0.3, -0.25) is 19.3 Å². The Labute approximate surface area is 175 Å². The molecule has 31 heavy (non-hydrogen) atoms. The van der Waals surface area contributed by atoms with Gasteiger partial charge >= 0.3 is 0 Å². The molecule has 0 saturated carbocycles. The SMILES string of the molecule is O=C(NCc1ccc(F)cc1F)c1cn2c(c(O)c1=O)C(=O)N1C(C2)N2CCC[C@@H]1C2. The largest absolute Gasteiger partial charge is 0.503 e. The Morgan fingerprint density at radius 1 is 1.23 bits per heavy atom. The van der Waals surface area contributed by atoms with Crippen LogP contribution in [0.3, 0.4) is 0 Å². The van der Waals surface area contributed by atoms with Gasteiger partial charge in [0.15, 0.2) is 11.4 Å². The van der Waals surface area contributed by atoms with E-state index in [1.165, 1.54) is 16.8 Å². The summed E-state index contributed by atoms with van der Waals surface area (Å²) in [6, 6.07) is 3.02. The lowest BCUT2D eigenvalue weighted by Crippen LogP contribution is -2.51. The Morgan fingerprint density at radius 2 is 2.03 bits per heavy atom. The van der Waals surface area contributed by atoms with Crippen molar-refractivity contribution in [3.63, 3.8) is 0 Å². The van der Waals surface area contributed by atoms with E-state index in [0.29, 0.717) is 12.6 Å². The third kappa shape index (κ3) is 3.09. The minimum Gasteiger partial charge on any atom is -0.503 e. The molecule has 0 radical (unpaired) electrons. The first-order chi connectivity index (χ1) is 14.8. The lowest BCUT2D eigenvalue weighted by atomic mass is 10.1. The highest BCUT2D eigenvalue weighted by molar-refractivity contribution is 5.99. The van der Waals surface area contributed by atoms with Gasteiger partial charge in [0.2, 0.25) is 5.43 Å². The van der Waals surface area contributed by atoms with Crippen molar-refractivity contribution in [1.29, 1.82) is 0 Å². The number of aromatic nitrogens is 1. The molecule has 1 aromatic heterocycles. The van der Waals surface area contributed by atoms with Crippen LogP contribution in [0.2, 0.25) is 0 Å². The second-order valence-corrected chi connectivity index (χ2v) is 8.12. The standard InChI is InChI=1S/C21H20F2N4O4/c22-12-4-3-11(15(23)6-12)7-24-20(30)14-9-26-10-16-25-5-1-2-13(8-25)27(16)21(31)17(26)19(29)18(14)28/h3-4,6,9,13,16,29H,1-2,5,7-8,10H2,(H,24,30)/t13-,16?/m1/s1. The Hall–Kier alpha value is -3.27. The third-order valence-electron chi connectivity index (χ3n) is 6.32. The average Bonchev–Trinajstić information content (AvgIpc) is 2.99. The molecule has 2 unspecified atom stereocenters. The summed E-state index contributed by atoms with van der Waals surface area (Å²) in [7, 11) is 0. The first kappa shape index (κ1) is 19.7. The number of rotatable bonds is 3. The zero-order valence-electron chi connectivity index (χ0n) is 16.5. The predicted octanol–water partition coefficient (Wildman–Crippen LogP) is 1.02. The van der Waals surface area contributed by atoms with E-state index in [1.54, 1.807) is 4.90 Å². The zero-order valence-corrected chi connectivity index (χ0v) is 16.5. The van der Waals surface area contributed by atoms with Gasteiger partial charge in [-0.1, -0.05) is 6.07 Å². The molecule has 8 nitrogen and oxygen atoms in total. The number of aromatic hydroxyl groups is 1. The minimum absolute atomic E-state index is 0.0499. The molecule has 162 valence electrons. The van der Waals surface area contributed by atoms with Gasteiger partial charge in [-0.2, -0.15) is 0 Å². The monoisotopic (exact) mass is 430 g/mol. The molecule has 0 aliphatic carbocycles. The first-order valence-corrected chi connectivity index (χ1v) is 10.1. The molecular formula is C21H20F2N4O4. The molecule has 2 saturated heterocycles. The van der Waals surface area contributed by atoms with Crippen molar-refractivity contribution >= 4 is 11.8 Å². The highest BCUT2D eigenvalue weighted by atomic mass is 19.1. The lowest BCUT2D eigenvalue weighted by Gasteiger charge is -2.36. The number of nitrogens with one attached hydrogen (secondary N) is 1. The summed E-state index contributed by atoms with van der Waals surface area (Å²) in [6.45, 7) is 1.69. The fraction of sp³-hybridized carbons (Fsp3) is 0.381. The predicted molar refractivity (Wildman–Crippen MR) is 104 cm³/mol. The van der Waals surface area contributed by atoms with Crippen LogP contribution in [0.1, 0.15) is 39.3 Å². The smallest absolute Gasteiger partial charge is 0.276 e. The first-order valence-electron chi connectivity index (χ1n) is 10.1. The quantitative estimate of drug-likeness (QED) is 0.759.